The van der Waals surface area contributed by atoms with Crippen LogP contribution < -0.4 is 5.73 Å². The zero-order valence-electron chi connectivity index (χ0n) is 10.9. The van der Waals surface area contributed by atoms with Crippen molar-refractivity contribution in [1.82, 2.24) is 4.98 Å². The minimum atomic E-state index is 0.0375. The fourth-order valence-corrected chi connectivity index (χ4v) is 3.08. The maximum atomic E-state index is 8.67. The van der Waals surface area contributed by atoms with Gasteiger partial charge in [0, 0.05) is 5.71 Å². The topological polar surface area (TPSA) is 84.3 Å². The van der Waals surface area contributed by atoms with Crippen LogP contribution in [0.4, 0.5) is 11.4 Å². The van der Waals surface area contributed by atoms with Crippen LogP contribution in [0.3, 0.4) is 0 Å². The standard InChI is InChI=1S/C14H14N4OS/c15-5-3-10-2-1-9(8-19-10)18-13-11(16)7-17-12-4-6-20-14(12)13/h4,6-7,10H,1-3,8,16H2/t10-/m1/s1. The Labute approximate surface area is 120 Å². The highest BCUT2D eigenvalue weighted by molar-refractivity contribution is 7.17. The summed E-state index contributed by atoms with van der Waals surface area (Å²) >= 11 is 1.59. The molecule has 6 heteroatoms. The van der Waals surface area contributed by atoms with E-state index in [1.165, 1.54) is 0 Å². The number of nitrogens with zero attached hydrogens (tertiary/aromatic N) is 3. The summed E-state index contributed by atoms with van der Waals surface area (Å²) in [6, 6.07) is 4.10. The van der Waals surface area contributed by atoms with Gasteiger partial charge in [-0.3, -0.25) is 9.98 Å². The highest BCUT2D eigenvalue weighted by Crippen LogP contribution is 2.35. The lowest BCUT2D eigenvalue weighted by atomic mass is 10.1. The van der Waals surface area contributed by atoms with E-state index in [4.69, 9.17) is 15.7 Å². The third-order valence-corrected chi connectivity index (χ3v) is 4.22. The molecular formula is C14H14N4OS. The molecule has 2 N–H and O–H groups in total. The molecule has 0 unspecified atom stereocenters. The van der Waals surface area contributed by atoms with Crippen molar-refractivity contribution in [1.29, 1.82) is 5.26 Å². The monoisotopic (exact) mass is 286 g/mol. The van der Waals surface area contributed by atoms with Gasteiger partial charge in [0.2, 0.25) is 0 Å². The first-order valence-corrected chi connectivity index (χ1v) is 7.32. The molecule has 0 bridgehead atoms. The maximum absolute atomic E-state index is 8.67. The molecule has 0 amide bonds. The van der Waals surface area contributed by atoms with E-state index in [0.29, 0.717) is 18.7 Å². The Balaban J connectivity index is 1.86. The van der Waals surface area contributed by atoms with Crippen LogP contribution in [-0.4, -0.2) is 23.4 Å². The van der Waals surface area contributed by atoms with Gasteiger partial charge in [-0.15, -0.1) is 11.3 Å². The van der Waals surface area contributed by atoms with Gasteiger partial charge in [0.1, 0.15) is 5.69 Å². The molecule has 1 saturated heterocycles. The molecule has 20 heavy (non-hydrogen) atoms. The lowest BCUT2D eigenvalue weighted by Crippen LogP contribution is -2.25. The van der Waals surface area contributed by atoms with Crippen molar-refractivity contribution in [3.63, 3.8) is 0 Å². The normalized spacial score (nSPS) is 21.1. The van der Waals surface area contributed by atoms with Crippen molar-refractivity contribution in [2.75, 3.05) is 12.3 Å². The van der Waals surface area contributed by atoms with Gasteiger partial charge in [-0.1, -0.05) is 0 Å². The van der Waals surface area contributed by atoms with Crippen LogP contribution in [0.5, 0.6) is 0 Å². The van der Waals surface area contributed by atoms with Gasteiger partial charge >= 0.3 is 0 Å². The number of hydrogen-bond acceptors (Lipinski definition) is 6. The van der Waals surface area contributed by atoms with Crippen LogP contribution in [0.25, 0.3) is 10.2 Å². The average Bonchev–Trinajstić information content (AvgIpc) is 2.93. The van der Waals surface area contributed by atoms with Gasteiger partial charge in [0.25, 0.3) is 0 Å². The Bertz CT molecular complexity index is 691. The molecular weight excluding hydrogens is 272 g/mol. The number of nitrogens with two attached hydrogens (primary N) is 1. The molecule has 0 aliphatic carbocycles. The van der Waals surface area contributed by atoms with E-state index in [2.05, 4.69) is 16.0 Å². The highest BCUT2D eigenvalue weighted by atomic mass is 32.1. The van der Waals surface area contributed by atoms with Gasteiger partial charge in [-0.25, -0.2) is 0 Å². The predicted octanol–water partition coefficient (Wildman–Crippen LogP) is 3.04. The molecule has 0 radical (unpaired) electrons. The average molecular weight is 286 g/mol. The van der Waals surface area contributed by atoms with Gasteiger partial charge in [0.05, 0.1) is 47.3 Å². The summed E-state index contributed by atoms with van der Waals surface area (Å²) in [6.45, 7) is 0.473. The third kappa shape index (κ3) is 2.50. The SMILES string of the molecule is N#CC[C@H]1CCC(=Nc2c(N)cnc3ccsc23)CO1. The van der Waals surface area contributed by atoms with Gasteiger partial charge in [-0.05, 0) is 24.3 Å². The number of rotatable bonds is 2. The number of nitriles is 1. The van der Waals surface area contributed by atoms with E-state index >= 15 is 0 Å². The summed E-state index contributed by atoms with van der Waals surface area (Å²) < 4.78 is 6.64. The summed E-state index contributed by atoms with van der Waals surface area (Å²) in [7, 11) is 0. The van der Waals surface area contributed by atoms with E-state index in [0.717, 1.165) is 34.5 Å². The molecule has 1 aliphatic heterocycles. The molecule has 3 heterocycles. The minimum absolute atomic E-state index is 0.0375. The van der Waals surface area contributed by atoms with Crippen molar-refractivity contribution in [3.05, 3.63) is 17.6 Å². The first-order valence-electron chi connectivity index (χ1n) is 6.44. The Morgan fingerprint density at radius 1 is 1.60 bits per heavy atom. The maximum Gasteiger partial charge on any atom is 0.107 e. The Morgan fingerprint density at radius 3 is 3.25 bits per heavy atom. The summed E-state index contributed by atoms with van der Waals surface area (Å²) in [5.74, 6) is 0. The second-order valence-corrected chi connectivity index (χ2v) is 5.63. The predicted molar refractivity (Wildman–Crippen MR) is 80.3 cm³/mol. The summed E-state index contributed by atoms with van der Waals surface area (Å²) in [5.41, 5.74) is 9.27. The molecule has 0 saturated carbocycles. The van der Waals surface area contributed by atoms with Crippen LogP contribution in [-0.2, 0) is 4.74 Å². The Kier molecular flexibility index (Phi) is 3.63. The lowest BCUT2D eigenvalue weighted by molar-refractivity contribution is 0.0660. The summed E-state index contributed by atoms with van der Waals surface area (Å²) in [4.78, 5) is 8.95. The van der Waals surface area contributed by atoms with Gasteiger partial charge in [0.15, 0.2) is 0 Å². The number of thiophene rings is 1. The van der Waals surface area contributed by atoms with Crippen molar-refractivity contribution < 1.29 is 4.74 Å². The second kappa shape index (κ2) is 5.57. The van der Waals surface area contributed by atoms with E-state index in [-0.39, 0.29) is 6.10 Å². The molecule has 5 nitrogen and oxygen atoms in total. The number of ether oxygens (including phenoxy) is 1. The minimum Gasteiger partial charge on any atom is -0.396 e. The Hall–Kier alpha value is -1.97. The molecule has 3 rings (SSSR count). The van der Waals surface area contributed by atoms with Crippen LogP contribution in [0.2, 0.25) is 0 Å². The van der Waals surface area contributed by atoms with Crippen molar-refractivity contribution in [2.45, 2.75) is 25.4 Å². The quantitative estimate of drug-likeness (QED) is 0.919. The number of hydrogen-bond donors (Lipinski definition) is 1. The molecule has 0 aromatic carbocycles. The number of aromatic nitrogens is 1. The van der Waals surface area contributed by atoms with Crippen LogP contribution in [0, 0.1) is 11.3 Å². The molecule has 1 fully saturated rings. The van der Waals surface area contributed by atoms with Crippen LogP contribution >= 0.6 is 11.3 Å². The first-order chi connectivity index (χ1) is 9.78. The molecule has 2 aromatic heterocycles. The molecule has 1 atom stereocenters. The highest BCUT2D eigenvalue weighted by Gasteiger charge is 2.18. The molecule has 102 valence electrons. The zero-order chi connectivity index (χ0) is 13.9. The van der Waals surface area contributed by atoms with Gasteiger partial charge < -0.3 is 10.5 Å². The van der Waals surface area contributed by atoms with E-state index in [1.807, 2.05) is 11.4 Å². The molecule has 1 aliphatic rings. The number of aliphatic imine (C=N–C) groups is 1. The lowest BCUT2D eigenvalue weighted by Gasteiger charge is -2.22. The van der Waals surface area contributed by atoms with Crippen molar-refractivity contribution in [3.8, 4) is 6.07 Å². The third-order valence-electron chi connectivity index (χ3n) is 3.31. The van der Waals surface area contributed by atoms with Crippen molar-refractivity contribution >= 4 is 38.6 Å². The number of anilines is 1. The van der Waals surface area contributed by atoms with E-state index in [1.54, 1.807) is 17.5 Å². The van der Waals surface area contributed by atoms with Crippen LogP contribution in [0.1, 0.15) is 19.3 Å². The fourth-order valence-electron chi connectivity index (χ4n) is 2.23. The number of pyridine rings is 1. The van der Waals surface area contributed by atoms with Gasteiger partial charge in [-0.2, -0.15) is 5.26 Å². The number of fused-ring (bicyclic) bond motifs is 1. The smallest absolute Gasteiger partial charge is 0.107 e. The fraction of sp³-hybridized carbons (Fsp3) is 0.357. The van der Waals surface area contributed by atoms with Crippen LogP contribution in [0.15, 0.2) is 22.6 Å². The van der Waals surface area contributed by atoms with Crippen molar-refractivity contribution in [2.24, 2.45) is 4.99 Å². The van der Waals surface area contributed by atoms with E-state index < -0.39 is 0 Å². The first kappa shape index (κ1) is 13.0. The molecule has 0 spiro atoms. The Morgan fingerprint density at radius 2 is 2.50 bits per heavy atom. The van der Waals surface area contributed by atoms with E-state index in [9.17, 15) is 0 Å². The summed E-state index contributed by atoms with van der Waals surface area (Å²) in [6.07, 6.45) is 3.82. The second-order valence-electron chi connectivity index (χ2n) is 4.71. The summed E-state index contributed by atoms with van der Waals surface area (Å²) in [5, 5.41) is 10.7. The zero-order valence-corrected chi connectivity index (χ0v) is 11.7. The number of nitrogen functional groups attached to an aromatic ring is 1. The largest absolute Gasteiger partial charge is 0.396 e. The molecule has 2 aromatic rings.